The highest BCUT2D eigenvalue weighted by Gasteiger charge is 2.10. The normalized spacial score (nSPS) is 10.6. The van der Waals surface area contributed by atoms with Gasteiger partial charge < -0.3 is 4.74 Å². The van der Waals surface area contributed by atoms with Gasteiger partial charge in [-0.25, -0.2) is 13.6 Å². The summed E-state index contributed by atoms with van der Waals surface area (Å²) in [6.07, 6.45) is -0.855. The van der Waals surface area contributed by atoms with Crippen molar-refractivity contribution >= 4 is 38.5 Å². The fourth-order valence-electron chi connectivity index (χ4n) is 2.09. The fraction of sp³-hybridized carbons (Fsp3) is 0. The molecular formula is C17H10BrF2NO2. The number of hydrogen-bond acceptors (Lipinski definition) is 2. The minimum absolute atomic E-state index is 0.152. The van der Waals surface area contributed by atoms with Crippen LogP contribution in [0.5, 0.6) is 5.75 Å². The lowest BCUT2D eigenvalue weighted by Gasteiger charge is -2.08. The number of rotatable bonds is 2. The molecule has 0 fully saturated rings. The monoisotopic (exact) mass is 377 g/mol. The molecule has 0 aliphatic heterocycles. The predicted molar refractivity (Wildman–Crippen MR) is 87.7 cm³/mol. The molecule has 0 spiro atoms. The highest BCUT2D eigenvalue weighted by Crippen LogP contribution is 2.24. The van der Waals surface area contributed by atoms with Gasteiger partial charge in [0, 0.05) is 10.5 Å². The van der Waals surface area contributed by atoms with Crippen LogP contribution in [0.15, 0.2) is 59.1 Å². The number of amides is 1. The quantitative estimate of drug-likeness (QED) is 0.640. The lowest BCUT2D eigenvalue weighted by molar-refractivity contribution is 0.215. The third-order valence-electron chi connectivity index (χ3n) is 3.15. The number of anilines is 1. The Morgan fingerprint density at radius 3 is 2.48 bits per heavy atom. The topological polar surface area (TPSA) is 38.3 Å². The van der Waals surface area contributed by atoms with E-state index in [1.54, 1.807) is 18.2 Å². The predicted octanol–water partition coefficient (Wildman–Crippen LogP) is 5.49. The zero-order valence-corrected chi connectivity index (χ0v) is 13.2. The fourth-order valence-corrected chi connectivity index (χ4v) is 2.47. The second-order valence-corrected chi connectivity index (χ2v) is 5.71. The van der Waals surface area contributed by atoms with Crippen molar-refractivity contribution < 1.29 is 18.3 Å². The summed E-state index contributed by atoms with van der Waals surface area (Å²) in [5.74, 6) is -1.27. The van der Waals surface area contributed by atoms with Crippen molar-refractivity contribution in [1.82, 2.24) is 0 Å². The standard InChI is InChI=1S/C17H10BrF2NO2/c18-12-3-1-11-8-14(5-2-10(11)7-12)23-17(22)21-16-6-4-13(19)9-15(16)20/h1-9H,(H,21,22). The van der Waals surface area contributed by atoms with Gasteiger partial charge in [0.1, 0.15) is 17.4 Å². The zero-order valence-electron chi connectivity index (χ0n) is 11.6. The third-order valence-corrected chi connectivity index (χ3v) is 3.65. The number of ether oxygens (including phenoxy) is 1. The molecule has 6 heteroatoms. The van der Waals surface area contributed by atoms with Crippen LogP contribution in [0.1, 0.15) is 0 Å². The van der Waals surface area contributed by atoms with Gasteiger partial charge in [0.15, 0.2) is 0 Å². The van der Waals surface area contributed by atoms with Crippen LogP contribution in [0.2, 0.25) is 0 Å². The SMILES string of the molecule is O=C(Nc1ccc(F)cc1F)Oc1ccc2cc(Br)ccc2c1. The summed E-state index contributed by atoms with van der Waals surface area (Å²) in [6, 6.07) is 13.7. The maximum atomic E-state index is 13.5. The van der Waals surface area contributed by atoms with Crippen LogP contribution in [-0.2, 0) is 0 Å². The first-order valence-corrected chi connectivity index (χ1v) is 7.44. The molecule has 0 bridgehead atoms. The summed E-state index contributed by atoms with van der Waals surface area (Å²) in [4.78, 5) is 11.8. The Morgan fingerprint density at radius 2 is 1.70 bits per heavy atom. The van der Waals surface area contributed by atoms with Crippen molar-refractivity contribution in [3.05, 3.63) is 70.7 Å². The van der Waals surface area contributed by atoms with E-state index in [0.717, 1.165) is 27.4 Å². The Morgan fingerprint density at radius 1 is 0.957 bits per heavy atom. The summed E-state index contributed by atoms with van der Waals surface area (Å²) in [5.41, 5.74) is -0.152. The number of hydrogen-bond donors (Lipinski definition) is 1. The van der Waals surface area contributed by atoms with Crippen LogP contribution in [0, 0.1) is 11.6 Å². The van der Waals surface area contributed by atoms with Gasteiger partial charge in [-0.3, -0.25) is 5.32 Å². The van der Waals surface area contributed by atoms with Gasteiger partial charge in [-0.2, -0.15) is 0 Å². The number of carbonyl (C=O) groups is 1. The van der Waals surface area contributed by atoms with Crippen molar-refractivity contribution in [3.8, 4) is 5.75 Å². The van der Waals surface area contributed by atoms with Gasteiger partial charge >= 0.3 is 6.09 Å². The van der Waals surface area contributed by atoms with Gasteiger partial charge in [0.05, 0.1) is 5.69 Å². The van der Waals surface area contributed by atoms with Crippen molar-refractivity contribution in [2.24, 2.45) is 0 Å². The van der Waals surface area contributed by atoms with Crippen LogP contribution < -0.4 is 10.1 Å². The molecule has 0 aromatic heterocycles. The van der Waals surface area contributed by atoms with E-state index in [1.165, 1.54) is 0 Å². The van der Waals surface area contributed by atoms with Gasteiger partial charge in [-0.15, -0.1) is 0 Å². The van der Waals surface area contributed by atoms with E-state index in [9.17, 15) is 13.6 Å². The first-order chi connectivity index (χ1) is 11.0. The highest BCUT2D eigenvalue weighted by molar-refractivity contribution is 9.10. The molecule has 0 aliphatic rings. The molecule has 116 valence electrons. The maximum absolute atomic E-state index is 13.5. The Kier molecular flexibility index (Phi) is 4.25. The third kappa shape index (κ3) is 3.65. The van der Waals surface area contributed by atoms with E-state index in [0.29, 0.717) is 11.8 Å². The molecule has 0 saturated heterocycles. The molecule has 3 aromatic carbocycles. The maximum Gasteiger partial charge on any atom is 0.417 e. The van der Waals surface area contributed by atoms with Crippen LogP contribution in [0.4, 0.5) is 19.3 Å². The van der Waals surface area contributed by atoms with E-state index < -0.39 is 17.7 Å². The number of halogens is 3. The van der Waals surface area contributed by atoms with Crippen molar-refractivity contribution in [1.29, 1.82) is 0 Å². The Bertz CT molecular complexity index is 899. The summed E-state index contributed by atoms with van der Waals surface area (Å²) in [6.45, 7) is 0. The number of nitrogens with one attached hydrogen (secondary N) is 1. The average molecular weight is 378 g/mol. The number of benzene rings is 3. The molecule has 3 aromatic rings. The smallest absolute Gasteiger partial charge is 0.410 e. The van der Waals surface area contributed by atoms with Gasteiger partial charge in [0.25, 0.3) is 0 Å². The average Bonchev–Trinajstić information content (AvgIpc) is 2.50. The van der Waals surface area contributed by atoms with Gasteiger partial charge in [-0.1, -0.05) is 28.1 Å². The molecule has 1 N–H and O–H groups in total. The number of fused-ring (bicyclic) bond motifs is 1. The van der Waals surface area contributed by atoms with Gasteiger partial charge in [-0.05, 0) is 47.2 Å². The summed E-state index contributed by atoms with van der Waals surface area (Å²) >= 11 is 3.38. The van der Waals surface area contributed by atoms with E-state index in [2.05, 4.69) is 21.2 Å². The van der Waals surface area contributed by atoms with Crippen LogP contribution in [0.25, 0.3) is 10.8 Å². The summed E-state index contributed by atoms with van der Waals surface area (Å²) in [7, 11) is 0. The highest BCUT2D eigenvalue weighted by atomic mass is 79.9. The second kappa shape index (κ2) is 6.34. The molecule has 0 heterocycles. The number of carbonyl (C=O) groups excluding carboxylic acids is 1. The summed E-state index contributed by atoms with van der Waals surface area (Å²) in [5, 5.41) is 4.11. The molecule has 23 heavy (non-hydrogen) atoms. The minimum atomic E-state index is -0.870. The van der Waals surface area contributed by atoms with Gasteiger partial charge in [0.2, 0.25) is 0 Å². The zero-order chi connectivity index (χ0) is 16.4. The Balaban J connectivity index is 1.76. The van der Waals surface area contributed by atoms with E-state index in [4.69, 9.17) is 4.74 Å². The van der Waals surface area contributed by atoms with Crippen molar-refractivity contribution in [3.63, 3.8) is 0 Å². The molecule has 1 amide bonds. The first kappa shape index (κ1) is 15.4. The molecule has 0 unspecified atom stereocenters. The summed E-state index contributed by atoms with van der Waals surface area (Å²) < 4.78 is 32.4. The molecule has 0 saturated carbocycles. The molecule has 3 rings (SSSR count). The van der Waals surface area contributed by atoms with E-state index in [1.807, 2.05) is 18.2 Å². The Hall–Kier alpha value is -2.47. The molecule has 3 nitrogen and oxygen atoms in total. The molecule has 0 atom stereocenters. The van der Waals surface area contributed by atoms with E-state index >= 15 is 0 Å². The largest absolute Gasteiger partial charge is 0.417 e. The molecule has 0 aliphatic carbocycles. The lowest BCUT2D eigenvalue weighted by atomic mass is 10.1. The minimum Gasteiger partial charge on any atom is -0.410 e. The Labute approximate surface area is 139 Å². The van der Waals surface area contributed by atoms with Crippen molar-refractivity contribution in [2.75, 3.05) is 5.32 Å². The molecular weight excluding hydrogens is 368 g/mol. The lowest BCUT2D eigenvalue weighted by Crippen LogP contribution is -2.17. The van der Waals surface area contributed by atoms with Crippen LogP contribution in [-0.4, -0.2) is 6.09 Å². The molecule has 0 radical (unpaired) electrons. The van der Waals surface area contributed by atoms with E-state index in [-0.39, 0.29) is 5.69 Å². The van der Waals surface area contributed by atoms with Crippen LogP contribution in [0.3, 0.4) is 0 Å². The first-order valence-electron chi connectivity index (χ1n) is 6.64. The van der Waals surface area contributed by atoms with Crippen molar-refractivity contribution in [2.45, 2.75) is 0 Å². The van der Waals surface area contributed by atoms with Crippen LogP contribution >= 0.6 is 15.9 Å². The second-order valence-electron chi connectivity index (χ2n) is 4.79.